The zero-order valence-electron chi connectivity index (χ0n) is 7.83. The van der Waals surface area contributed by atoms with Crippen molar-refractivity contribution in [2.24, 2.45) is 23.7 Å². The Morgan fingerprint density at radius 1 is 1.08 bits per heavy atom. The molecule has 68 valence electrons. The fourth-order valence-corrected chi connectivity index (χ4v) is 4.13. The number of rotatable bonds is 2. The van der Waals surface area contributed by atoms with Gasteiger partial charge in [0.2, 0.25) is 0 Å². The Morgan fingerprint density at radius 3 is 2.67 bits per heavy atom. The number of hydrogen-bond acceptors (Lipinski definition) is 1. The molecule has 4 aliphatic carbocycles. The molecule has 5 atom stereocenters. The van der Waals surface area contributed by atoms with E-state index in [9.17, 15) is 0 Å². The molecule has 0 radical (unpaired) electrons. The van der Waals surface area contributed by atoms with E-state index in [0.29, 0.717) is 6.10 Å². The van der Waals surface area contributed by atoms with Crippen molar-refractivity contribution < 1.29 is 4.74 Å². The van der Waals surface area contributed by atoms with Crippen LogP contribution < -0.4 is 0 Å². The van der Waals surface area contributed by atoms with Crippen LogP contribution in [0.25, 0.3) is 0 Å². The van der Waals surface area contributed by atoms with Gasteiger partial charge in [0, 0.05) is 6.61 Å². The third kappa shape index (κ3) is 0.834. The summed E-state index contributed by atoms with van der Waals surface area (Å²) >= 11 is 0. The van der Waals surface area contributed by atoms with Gasteiger partial charge in [0.25, 0.3) is 0 Å². The van der Waals surface area contributed by atoms with E-state index < -0.39 is 0 Å². The first kappa shape index (κ1) is 7.37. The zero-order chi connectivity index (χ0) is 8.13. The second-order valence-corrected chi connectivity index (χ2v) is 4.91. The zero-order valence-corrected chi connectivity index (χ0v) is 7.83. The lowest BCUT2D eigenvalue weighted by Gasteiger charge is -2.31. The molecule has 1 heteroatoms. The van der Waals surface area contributed by atoms with Gasteiger partial charge in [-0.25, -0.2) is 0 Å². The third-order valence-corrected chi connectivity index (χ3v) is 4.33. The molecular weight excluding hydrogens is 148 g/mol. The minimum atomic E-state index is 0.666. The molecule has 0 aromatic carbocycles. The topological polar surface area (TPSA) is 9.23 Å². The molecular formula is C11H18O. The fraction of sp³-hybridized carbons (Fsp3) is 1.00. The minimum Gasteiger partial charge on any atom is -0.378 e. The Labute approximate surface area is 74.5 Å². The van der Waals surface area contributed by atoms with Gasteiger partial charge >= 0.3 is 0 Å². The van der Waals surface area contributed by atoms with Gasteiger partial charge in [-0.1, -0.05) is 0 Å². The summed E-state index contributed by atoms with van der Waals surface area (Å²) in [6, 6.07) is 0. The van der Waals surface area contributed by atoms with Gasteiger partial charge in [-0.05, 0) is 56.3 Å². The number of hydrogen-bond donors (Lipinski definition) is 0. The summed E-state index contributed by atoms with van der Waals surface area (Å²) in [7, 11) is 0. The first-order valence-corrected chi connectivity index (χ1v) is 5.50. The van der Waals surface area contributed by atoms with Gasteiger partial charge < -0.3 is 4.74 Å². The quantitative estimate of drug-likeness (QED) is 0.612. The average molecular weight is 166 g/mol. The van der Waals surface area contributed by atoms with E-state index in [4.69, 9.17) is 4.74 Å². The molecule has 4 fully saturated rings. The smallest absolute Gasteiger partial charge is 0.0634 e. The van der Waals surface area contributed by atoms with Gasteiger partial charge in [-0.3, -0.25) is 0 Å². The summed E-state index contributed by atoms with van der Waals surface area (Å²) in [4.78, 5) is 0. The maximum absolute atomic E-state index is 5.87. The summed E-state index contributed by atoms with van der Waals surface area (Å²) in [6.07, 6.45) is 6.67. The maximum atomic E-state index is 5.87. The Bertz CT molecular complexity index is 185. The molecule has 4 rings (SSSR count). The van der Waals surface area contributed by atoms with Crippen LogP contribution in [-0.2, 0) is 4.74 Å². The summed E-state index contributed by atoms with van der Waals surface area (Å²) in [5.41, 5.74) is 0. The van der Waals surface area contributed by atoms with E-state index in [2.05, 4.69) is 6.92 Å². The molecule has 1 nitrogen and oxygen atoms in total. The van der Waals surface area contributed by atoms with Crippen LogP contribution in [0.2, 0.25) is 0 Å². The summed E-state index contributed by atoms with van der Waals surface area (Å²) in [6.45, 7) is 3.06. The van der Waals surface area contributed by atoms with Crippen molar-refractivity contribution in [2.45, 2.75) is 38.7 Å². The van der Waals surface area contributed by atoms with Crippen LogP contribution >= 0.6 is 0 Å². The van der Waals surface area contributed by atoms with Crippen LogP contribution in [0.5, 0.6) is 0 Å². The van der Waals surface area contributed by atoms with Crippen LogP contribution in [0.15, 0.2) is 0 Å². The molecule has 0 amide bonds. The lowest BCUT2D eigenvalue weighted by molar-refractivity contribution is -0.0162. The molecule has 12 heavy (non-hydrogen) atoms. The molecule has 5 unspecified atom stereocenters. The van der Waals surface area contributed by atoms with E-state index >= 15 is 0 Å². The molecule has 0 heterocycles. The molecule has 0 aliphatic heterocycles. The second kappa shape index (κ2) is 2.47. The first-order chi connectivity index (χ1) is 5.88. The molecule has 0 spiro atoms. The van der Waals surface area contributed by atoms with E-state index in [1.54, 1.807) is 0 Å². The highest BCUT2D eigenvalue weighted by molar-refractivity contribution is 5.03. The Kier molecular flexibility index (Phi) is 1.52. The Morgan fingerprint density at radius 2 is 1.92 bits per heavy atom. The largest absolute Gasteiger partial charge is 0.378 e. The molecule has 4 saturated carbocycles. The lowest BCUT2D eigenvalue weighted by Crippen LogP contribution is -2.30. The minimum absolute atomic E-state index is 0.666. The van der Waals surface area contributed by atoms with E-state index in [1.807, 2.05) is 0 Å². The number of ether oxygens (including phenoxy) is 1. The van der Waals surface area contributed by atoms with Gasteiger partial charge in [-0.2, -0.15) is 0 Å². The maximum Gasteiger partial charge on any atom is 0.0634 e. The second-order valence-electron chi connectivity index (χ2n) is 4.91. The molecule has 4 bridgehead atoms. The first-order valence-electron chi connectivity index (χ1n) is 5.50. The lowest BCUT2D eigenvalue weighted by atomic mass is 9.80. The van der Waals surface area contributed by atoms with Gasteiger partial charge in [0.05, 0.1) is 6.10 Å². The SMILES string of the molecule is CCOC1C2CC3CC(C2)C1C3. The highest BCUT2D eigenvalue weighted by atomic mass is 16.5. The standard InChI is InChI=1S/C11H18O/c1-2-12-11-9-4-7-3-8(6-9)10(11)5-7/h7-11H,2-6H2,1H3. The third-order valence-electron chi connectivity index (χ3n) is 4.33. The van der Waals surface area contributed by atoms with Gasteiger partial charge in [0.1, 0.15) is 0 Å². The molecule has 0 saturated heterocycles. The van der Waals surface area contributed by atoms with Crippen molar-refractivity contribution >= 4 is 0 Å². The monoisotopic (exact) mass is 166 g/mol. The molecule has 0 aromatic rings. The Balaban J connectivity index is 1.81. The predicted octanol–water partition coefficient (Wildman–Crippen LogP) is 2.46. The molecule has 4 aliphatic rings. The highest BCUT2D eigenvalue weighted by Crippen LogP contribution is 2.58. The highest BCUT2D eigenvalue weighted by Gasteiger charge is 2.54. The normalized spacial score (nSPS) is 55.2. The van der Waals surface area contributed by atoms with Crippen molar-refractivity contribution in [1.29, 1.82) is 0 Å². The van der Waals surface area contributed by atoms with Crippen LogP contribution in [0.3, 0.4) is 0 Å². The van der Waals surface area contributed by atoms with Crippen molar-refractivity contribution in [3.63, 3.8) is 0 Å². The summed E-state index contributed by atoms with van der Waals surface area (Å²) < 4.78 is 5.87. The van der Waals surface area contributed by atoms with Crippen molar-refractivity contribution in [2.75, 3.05) is 6.61 Å². The molecule has 0 N–H and O–H groups in total. The van der Waals surface area contributed by atoms with E-state index in [-0.39, 0.29) is 0 Å². The van der Waals surface area contributed by atoms with Crippen molar-refractivity contribution in [3.05, 3.63) is 0 Å². The Hall–Kier alpha value is -0.0400. The van der Waals surface area contributed by atoms with Crippen molar-refractivity contribution in [3.8, 4) is 0 Å². The fourth-order valence-electron chi connectivity index (χ4n) is 4.13. The van der Waals surface area contributed by atoms with Crippen molar-refractivity contribution in [1.82, 2.24) is 0 Å². The predicted molar refractivity (Wildman–Crippen MR) is 47.8 cm³/mol. The van der Waals surface area contributed by atoms with Gasteiger partial charge in [0.15, 0.2) is 0 Å². The summed E-state index contributed by atoms with van der Waals surface area (Å²) in [5, 5.41) is 0. The van der Waals surface area contributed by atoms with Crippen LogP contribution in [-0.4, -0.2) is 12.7 Å². The van der Waals surface area contributed by atoms with E-state index in [0.717, 1.165) is 30.3 Å². The van der Waals surface area contributed by atoms with Gasteiger partial charge in [-0.15, -0.1) is 0 Å². The van der Waals surface area contributed by atoms with Crippen LogP contribution in [0, 0.1) is 23.7 Å². The van der Waals surface area contributed by atoms with Crippen LogP contribution in [0.4, 0.5) is 0 Å². The molecule has 0 aromatic heterocycles. The van der Waals surface area contributed by atoms with E-state index in [1.165, 1.54) is 25.7 Å². The average Bonchev–Trinajstić information content (AvgIpc) is 2.46. The summed E-state index contributed by atoms with van der Waals surface area (Å²) in [5.74, 6) is 4.07. The van der Waals surface area contributed by atoms with Crippen LogP contribution in [0.1, 0.15) is 32.6 Å².